The topological polar surface area (TPSA) is 75.4 Å². The van der Waals surface area contributed by atoms with Gasteiger partial charge in [0.15, 0.2) is 5.69 Å². The summed E-state index contributed by atoms with van der Waals surface area (Å²) < 4.78 is 6.39. The van der Waals surface area contributed by atoms with E-state index in [9.17, 15) is 9.90 Å². The number of aromatic hydroxyl groups is 1. The molecule has 0 aliphatic rings. The molecule has 8 heteroatoms. The molecule has 0 saturated carbocycles. The lowest BCUT2D eigenvalue weighted by Gasteiger charge is -2.04. The fraction of sp³-hybridized carbons (Fsp3) is 0.111. The van der Waals surface area contributed by atoms with E-state index < -0.39 is 0 Å². The van der Waals surface area contributed by atoms with Gasteiger partial charge >= 0.3 is 0 Å². The molecule has 3 rings (SSSR count). The molecule has 0 aliphatic carbocycles. The van der Waals surface area contributed by atoms with Gasteiger partial charge in [-0.05, 0) is 67.3 Å². The molecule has 0 spiro atoms. The van der Waals surface area contributed by atoms with Crippen LogP contribution in [0.5, 0.6) is 5.75 Å². The van der Waals surface area contributed by atoms with Crippen molar-refractivity contribution in [3.05, 3.63) is 79.0 Å². The van der Waals surface area contributed by atoms with Gasteiger partial charge in [0.25, 0.3) is 5.91 Å². The third-order valence-corrected chi connectivity index (χ3v) is 5.07. The van der Waals surface area contributed by atoms with Gasteiger partial charge in [0.05, 0.1) is 8.95 Å². The molecule has 0 aliphatic heterocycles. The Labute approximate surface area is 171 Å². The number of amides is 1. The average Bonchev–Trinajstić information content (AvgIpc) is 3.07. The molecule has 1 amide bonds. The Hall–Kier alpha value is -1.83. The smallest absolute Gasteiger partial charge is 0.273 e. The number of aromatic nitrogens is 1. The number of phenolic OH excluding ortho intramolecular Hbond substituents is 1. The minimum absolute atomic E-state index is 0.133. The van der Waals surface area contributed by atoms with E-state index in [0.717, 1.165) is 11.1 Å². The van der Waals surface area contributed by atoms with Gasteiger partial charge in [-0.2, -0.15) is 0 Å². The summed E-state index contributed by atoms with van der Waals surface area (Å²) in [7, 11) is 0. The first-order chi connectivity index (χ1) is 12.4. The number of hydrogen-bond donors (Lipinski definition) is 2. The van der Waals surface area contributed by atoms with E-state index in [1.807, 2.05) is 12.1 Å². The van der Waals surface area contributed by atoms with Gasteiger partial charge in [-0.3, -0.25) is 4.79 Å². The van der Waals surface area contributed by atoms with Gasteiger partial charge in [0, 0.05) is 24.1 Å². The summed E-state index contributed by atoms with van der Waals surface area (Å²) in [6.45, 7) is 0.371. The van der Waals surface area contributed by atoms with Gasteiger partial charge in [-0.1, -0.05) is 28.9 Å². The second kappa shape index (κ2) is 8.24. The predicted octanol–water partition coefficient (Wildman–Crippen LogP) is 5.08. The standard InChI is InChI=1S/C18H13Br2ClN2O3/c19-14-6-11(7-15(20)17(14)24)5-13-8-16(23-26-13)18(25)22-9-10-1-3-12(21)4-2-10/h1-4,6-8,24H,5,9H2,(H,22,25). The van der Waals surface area contributed by atoms with Crippen LogP contribution in [-0.2, 0) is 13.0 Å². The normalized spacial score (nSPS) is 10.7. The maximum absolute atomic E-state index is 12.2. The molecule has 0 unspecified atom stereocenters. The van der Waals surface area contributed by atoms with Crippen LogP contribution in [0.1, 0.15) is 27.4 Å². The van der Waals surface area contributed by atoms with Crippen molar-refractivity contribution in [3.8, 4) is 5.75 Å². The lowest BCUT2D eigenvalue weighted by Crippen LogP contribution is -2.22. The van der Waals surface area contributed by atoms with Gasteiger partial charge < -0.3 is 14.9 Å². The van der Waals surface area contributed by atoms with Crippen molar-refractivity contribution in [2.75, 3.05) is 0 Å². The van der Waals surface area contributed by atoms with Crippen LogP contribution in [0, 0.1) is 0 Å². The molecule has 3 aromatic rings. The largest absolute Gasteiger partial charge is 0.506 e. The Morgan fingerprint density at radius 3 is 2.42 bits per heavy atom. The number of benzene rings is 2. The first-order valence-corrected chi connectivity index (χ1v) is 9.54. The van der Waals surface area contributed by atoms with Crippen LogP contribution in [-0.4, -0.2) is 16.2 Å². The number of nitrogens with zero attached hydrogens (tertiary/aromatic N) is 1. The number of rotatable bonds is 5. The highest BCUT2D eigenvalue weighted by Crippen LogP contribution is 2.34. The highest BCUT2D eigenvalue weighted by molar-refractivity contribution is 9.11. The van der Waals surface area contributed by atoms with E-state index in [2.05, 4.69) is 42.3 Å². The minimum atomic E-state index is -0.317. The minimum Gasteiger partial charge on any atom is -0.506 e. The molecule has 0 saturated heterocycles. The zero-order valence-electron chi connectivity index (χ0n) is 13.3. The first kappa shape index (κ1) is 18.9. The van der Waals surface area contributed by atoms with E-state index in [0.29, 0.717) is 32.7 Å². The average molecular weight is 501 g/mol. The van der Waals surface area contributed by atoms with Gasteiger partial charge in [-0.15, -0.1) is 0 Å². The first-order valence-electron chi connectivity index (χ1n) is 7.57. The highest BCUT2D eigenvalue weighted by Gasteiger charge is 2.14. The SMILES string of the molecule is O=C(NCc1ccc(Cl)cc1)c1cc(Cc2cc(Br)c(O)c(Br)c2)on1. The van der Waals surface area contributed by atoms with Crippen molar-refractivity contribution in [1.82, 2.24) is 10.5 Å². The lowest BCUT2D eigenvalue weighted by atomic mass is 10.1. The molecular formula is C18H13Br2ClN2O3. The van der Waals surface area contributed by atoms with Crippen LogP contribution in [0.25, 0.3) is 0 Å². The van der Waals surface area contributed by atoms with E-state index >= 15 is 0 Å². The molecule has 5 nitrogen and oxygen atoms in total. The molecule has 2 aromatic carbocycles. The predicted molar refractivity (Wildman–Crippen MR) is 105 cm³/mol. The Kier molecular flexibility index (Phi) is 6.01. The summed E-state index contributed by atoms with van der Waals surface area (Å²) in [5, 5.41) is 17.0. The number of carbonyl (C=O) groups excluding carboxylic acids is 1. The van der Waals surface area contributed by atoms with Crippen molar-refractivity contribution in [2.24, 2.45) is 0 Å². The molecule has 0 fully saturated rings. The zero-order valence-corrected chi connectivity index (χ0v) is 17.2. The molecule has 26 heavy (non-hydrogen) atoms. The summed E-state index contributed by atoms with van der Waals surface area (Å²) in [5.41, 5.74) is 2.04. The maximum Gasteiger partial charge on any atom is 0.273 e. The number of nitrogens with one attached hydrogen (secondary N) is 1. The van der Waals surface area contributed by atoms with Crippen molar-refractivity contribution in [3.63, 3.8) is 0 Å². The van der Waals surface area contributed by atoms with Crippen molar-refractivity contribution in [1.29, 1.82) is 0 Å². The Bertz CT molecular complexity index is 919. The van der Waals surface area contributed by atoms with Gasteiger partial charge in [0.1, 0.15) is 11.5 Å². The summed E-state index contributed by atoms with van der Waals surface area (Å²) in [6, 6.07) is 12.4. The highest BCUT2D eigenvalue weighted by atomic mass is 79.9. The second-order valence-electron chi connectivity index (χ2n) is 5.57. The van der Waals surface area contributed by atoms with Gasteiger partial charge in [0.2, 0.25) is 0 Å². The molecule has 0 bridgehead atoms. The number of carbonyl (C=O) groups is 1. The fourth-order valence-corrected chi connectivity index (χ4v) is 3.71. The molecular weight excluding hydrogens is 487 g/mol. The monoisotopic (exact) mass is 498 g/mol. The van der Waals surface area contributed by atoms with Crippen LogP contribution in [0.2, 0.25) is 5.02 Å². The molecule has 0 atom stereocenters. The van der Waals surface area contributed by atoms with Crippen LogP contribution < -0.4 is 5.32 Å². The number of halogens is 3. The van der Waals surface area contributed by atoms with Crippen LogP contribution in [0.4, 0.5) is 0 Å². The van der Waals surface area contributed by atoms with E-state index in [1.165, 1.54) is 0 Å². The van der Waals surface area contributed by atoms with Crippen LogP contribution in [0.15, 0.2) is 55.9 Å². The quantitative estimate of drug-likeness (QED) is 0.512. The molecule has 0 radical (unpaired) electrons. The third kappa shape index (κ3) is 4.66. The summed E-state index contributed by atoms with van der Waals surface area (Å²) in [4.78, 5) is 12.2. The molecule has 1 heterocycles. The Morgan fingerprint density at radius 1 is 1.12 bits per heavy atom. The van der Waals surface area contributed by atoms with Crippen LogP contribution in [0.3, 0.4) is 0 Å². The zero-order chi connectivity index (χ0) is 18.7. The fourth-order valence-electron chi connectivity index (χ4n) is 2.30. The van der Waals surface area contributed by atoms with E-state index in [1.54, 1.807) is 30.3 Å². The van der Waals surface area contributed by atoms with Crippen molar-refractivity contribution in [2.45, 2.75) is 13.0 Å². The van der Waals surface area contributed by atoms with Crippen LogP contribution >= 0.6 is 43.5 Å². The van der Waals surface area contributed by atoms with Crippen molar-refractivity contribution >= 4 is 49.4 Å². The molecule has 2 N–H and O–H groups in total. The summed E-state index contributed by atoms with van der Waals surface area (Å²) in [5.74, 6) is 0.364. The third-order valence-electron chi connectivity index (χ3n) is 3.61. The second-order valence-corrected chi connectivity index (χ2v) is 7.72. The molecule has 134 valence electrons. The van der Waals surface area contributed by atoms with Gasteiger partial charge in [-0.25, -0.2) is 0 Å². The Balaban J connectivity index is 1.63. The summed E-state index contributed by atoms with van der Waals surface area (Å²) >= 11 is 12.4. The van der Waals surface area contributed by atoms with Crippen molar-refractivity contribution < 1.29 is 14.4 Å². The molecule has 1 aromatic heterocycles. The van der Waals surface area contributed by atoms with E-state index in [-0.39, 0.29) is 17.4 Å². The lowest BCUT2D eigenvalue weighted by molar-refractivity contribution is 0.0941. The van der Waals surface area contributed by atoms with E-state index in [4.69, 9.17) is 16.1 Å². The number of phenols is 1. The number of hydrogen-bond acceptors (Lipinski definition) is 4. The summed E-state index contributed by atoms with van der Waals surface area (Å²) in [6.07, 6.45) is 0.439. The maximum atomic E-state index is 12.2. The Morgan fingerprint density at radius 2 is 1.77 bits per heavy atom.